The molecule has 0 bridgehead atoms. The second-order valence-electron chi connectivity index (χ2n) is 9.96. The maximum absolute atomic E-state index is 13.9. The predicted molar refractivity (Wildman–Crippen MR) is 141 cm³/mol. The van der Waals surface area contributed by atoms with E-state index in [1.165, 1.54) is 18.3 Å². The minimum Gasteiger partial charge on any atom is -0.316 e. The maximum atomic E-state index is 13.9. The summed E-state index contributed by atoms with van der Waals surface area (Å²) in [6.45, 7) is 3.25. The van der Waals surface area contributed by atoms with E-state index in [1.54, 1.807) is 35.2 Å². The van der Waals surface area contributed by atoms with Crippen LogP contribution in [-0.4, -0.2) is 64.1 Å². The second-order valence-corrected chi connectivity index (χ2v) is 12.8. The molecule has 2 fully saturated rings. The lowest BCUT2D eigenvalue weighted by Crippen LogP contribution is -2.62. The largest absolute Gasteiger partial charge is 0.316 e. The van der Waals surface area contributed by atoms with Gasteiger partial charge < -0.3 is 5.32 Å². The van der Waals surface area contributed by atoms with Gasteiger partial charge in [-0.3, -0.25) is 14.5 Å². The van der Waals surface area contributed by atoms with Gasteiger partial charge in [0.1, 0.15) is 17.3 Å². The second kappa shape index (κ2) is 8.82. The number of benzene rings is 1. The number of anilines is 3. The summed E-state index contributed by atoms with van der Waals surface area (Å²) in [5, 5.41) is 3.83. The van der Waals surface area contributed by atoms with Crippen molar-refractivity contribution in [2.45, 2.75) is 38.9 Å². The number of pyridine rings is 1. The Morgan fingerprint density at radius 1 is 1.13 bits per heavy atom. The standard InChI is InChI=1S/C25H25FN6O4S2/c1-15-22(37-24(27-15)29-19-5-3-6-20(28-19)31-10-4-7-21(31)33)16-8-9-18-17(11-16)12-32(23(18)34)38(35,36)30-13-25(2,26)14-30/h3,5-6,8-9,11H,4,7,10,12-14H2,1-2H3,(H,27,28,29). The molecule has 5 heterocycles. The van der Waals surface area contributed by atoms with Gasteiger partial charge in [-0.2, -0.15) is 12.7 Å². The molecule has 0 unspecified atom stereocenters. The molecule has 0 radical (unpaired) electrons. The van der Waals surface area contributed by atoms with E-state index in [0.717, 1.165) is 31.2 Å². The Morgan fingerprint density at radius 3 is 2.63 bits per heavy atom. The first-order chi connectivity index (χ1) is 18.0. The van der Waals surface area contributed by atoms with E-state index in [4.69, 9.17) is 0 Å². The Labute approximate surface area is 223 Å². The van der Waals surface area contributed by atoms with Crippen LogP contribution in [0, 0.1) is 6.92 Å². The molecule has 0 spiro atoms. The van der Waals surface area contributed by atoms with E-state index in [1.807, 2.05) is 13.0 Å². The van der Waals surface area contributed by atoms with Gasteiger partial charge in [0.05, 0.1) is 30.2 Å². The first kappa shape index (κ1) is 24.9. The van der Waals surface area contributed by atoms with E-state index in [0.29, 0.717) is 40.9 Å². The number of thiazole rings is 1. The molecule has 1 aromatic carbocycles. The number of fused-ring (bicyclic) bond motifs is 1. The molecule has 6 rings (SSSR count). The van der Waals surface area contributed by atoms with Crippen LogP contribution in [-0.2, 0) is 21.5 Å². The van der Waals surface area contributed by atoms with Crippen LogP contribution in [0.4, 0.5) is 21.2 Å². The number of alkyl halides is 1. The minimum absolute atomic E-state index is 0.0641. The number of amides is 2. The van der Waals surface area contributed by atoms with Crippen LogP contribution in [0.3, 0.4) is 0 Å². The first-order valence-corrected chi connectivity index (χ1v) is 14.4. The molecule has 0 atom stereocenters. The summed E-state index contributed by atoms with van der Waals surface area (Å²) < 4.78 is 41.6. The van der Waals surface area contributed by atoms with Crippen molar-refractivity contribution in [3.63, 3.8) is 0 Å². The molecule has 3 aliphatic rings. The Balaban J connectivity index is 1.22. The molecule has 38 heavy (non-hydrogen) atoms. The van der Waals surface area contributed by atoms with Crippen molar-refractivity contribution in [2.24, 2.45) is 0 Å². The highest BCUT2D eigenvalue weighted by molar-refractivity contribution is 7.87. The van der Waals surface area contributed by atoms with Gasteiger partial charge in [0.2, 0.25) is 5.91 Å². The van der Waals surface area contributed by atoms with Crippen LogP contribution in [0.1, 0.15) is 41.4 Å². The number of rotatable bonds is 6. The number of aryl methyl sites for hydroxylation is 1. The Bertz CT molecular complexity index is 1580. The molecule has 2 aromatic heterocycles. The average molecular weight is 557 g/mol. The fourth-order valence-corrected chi connectivity index (χ4v) is 7.70. The molecule has 198 valence electrons. The number of carbonyl (C=O) groups excluding carboxylic acids is 2. The molecule has 2 saturated heterocycles. The van der Waals surface area contributed by atoms with Crippen LogP contribution in [0.25, 0.3) is 10.4 Å². The monoisotopic (exact) mass is 556 g/mol. The fourth-order valence-electron chi connectivity index (χ4n) is 4.97. The third kappa shape index (κ3) is 4.24. The molecule has 10 nitrogen and oxygen atoms in total. The van der Waals surface area contributed by atoms with Gasteiger partial charge in [-0.25, -0.2) is 18.7 Å². The molecule has 3 aromatic rings. The Kier molecular flexibility index (Phi) is 5.78. The lowest BCUT2D eigenvalue weighted by Gasteiger charge is -2.42. The van der Waals surface area contributed by atoms with Crippen molar-refractivity contribution in [3.8, 4) is 10.4 Å². The van der Waals surface area contributed by atoms with Crippen LogP contribution < -0.4 is 10.2 Å². The molecule has 13 heteroatoms. The van der Waals surface area contributed by atoms with E-state index in [2.05, 4.69) is 15.3 Å². The van der Waals surface area contributed by atoms with E-state index >= 15 is 0 Å². The lowest BCUT2D eigenvalue weighted by atomic mass is 10.0. The SMILES string of the molecule is Cc1nc(Nc2cccc(N3CCCC3=O)n2)sc1-c1ccc2c(c1)CN(S(=O)(=O)N1CC(C)(F)C1)C2=O. The van der Waals surface area contributed by atoms with Gasteiger partial charge in [0.15, 0.2) is 5.13 Å². The number of nitrogens with one attached hydrogen (secondary N) is 1. The smallest absolute Gasteiger partial charge is 0.307 e. The van der Waals surface area contributed by atoms with E-state index in [-0.39, 0.29) is 25.5 Å². The Morgan fingerprint density at radius 2 is 1.92 bits per heavy atom. The summed E-state index contributed by atoms with van der Waals surface area (Å²) in [6.07, 6.45) is 1.35. The highest BCUT2D eigenvalue weighted by Gasteiger charge is 2.50. The summed E-state index contributed by atoms with van der Waals surface area (Å²) in [6, 6.07) is 10.7. The number of halogens is 1. The fraction of sp³-hybridized carbons (Fsp3) is 0.360. The quantitative estimate of drug-likeness (QED) is 0.493. The van der Waals surface area contributed by atoms with Crippen molar-refractivity contribution in [2.75, 3.05) is 29.9 Å². The zero-order chi connectivity index (χ0) is 26.8. The van der Waals surface area contributed by atoms with E-state index < -0.39 is 21.8 Å². The maximum Gasteiger partial charge on any atom is 0.307 e. The summed E-state index contributed by atoms with van der Waals surface area (Å²) >= 11 is 1.41. The van der Waals surface area contributed by atoms with Gasteiger partial charge in [-0.1, -0.05) is 23.5 Å². The summed E-state index contributed by atoms with van der Waals surface area (Å²) in [5.74, 6) is 0.625. The van der Waals surface area contributed by atoms with Crippen LogP contribution in [0.2, 0.25) is 0 Å². The number of hydrogen-bond acceptors (Lipinski definition) is 8. The van der Waals surface area contributed by atoms with Crippen LogP contribution >= 0.6 is 11.3 Å². The van der Waals surface area contributed by atoms with Gasteiger partial charge >= 0.3 is 10.2 Å². The van der Waals surface area contributed by atoms with Crippen LogP contribution in [0.15, 0.2) is 36.4 Å². The Hall–Kier alpha value is -3.42. The van der Waals surface area contributed by atoms with Crippen molar-refractivity contribution in [1.29, 1.82) is 0 Å². The highest BCUT2D eigenvalue weighted by Crippen LogP contribution is 2.38. The van der Waals surface area contributed by atoms with Gasteiger partial charge in [0.25, 0.3) is 5.91 Å². The van der Waals surface area contributed by atoms with Gasteiger partial charge in [-0.05, 0) is 55.7 Å². The molecular weight excluding hydrogens is 531 g/mol. The number of hydrogen-bond donors (Lipinski definition) is 1. The summed E-state index contributed by atoms with van der Waals surface area (Å²) in [4.78, 5) is 36.7. The third-order valence-corrected chi connectivity index (χ3v) is 9.76. The number of carbonyl (C=O) groups is 2. The summed E-state index contributed by atoms with van der Waals surface area (Å²) in [5.41, 5.74) is 0.905. The van der Waals surface area contributed by atoms with Gasteiger partial charge in [-0.15, -0.1) is 0 Å². The van der Waals surface area contributed by atoms with Crippen molar-refractivity contribution < 1.29 is 22.4 Å². The zero-order valence-electron chi connectivity index (χ0n) is 20.8. The predicted octanol–water partition coefficient (Wildman–Crippen LogP) is 3.63. The van der Waals surface area contributed by atoms with Crippen LogP contribution in [0.5, 0.6) is 0 Å². The van der Waals surface area contributed by atoms with Crippen molar-refractivity contribution in [1.82, 2.24) is 18.6 Å². The van der Waals surface area contributed by atoms with Crippen molar-refractivity contribution in [3.05, 3.63) is 53.2 Å². The molecule has 2 amide bonds. The first-order valence-electron chi connectivity index (χ1n) is 12.2. The van der Waals surface area contributed by atoms with Crippen molar-refractivity contribution >= 4 is 50.1 Å². The lowest BCUT2D eigenvalue weighted by molar-refractivity contribution is -0.117. The van der Waals surface area contributed by atoms with E-state index in [9.17, 15) is 22.4 Å². The average Bonchev–Trinajstić information content (AvgIpc) is 3.54. The molecular formula is C25H25FN6O4S2. The third-order valence-electron chi connectivity index (χ3n) is 6.87. The summed E-state index contributed by atoms with van der Waals surface area (Å²) in [7, 11) is -4.09. The minimum atomic E-state index is -4.09. The number of aromatic nitrogens is 2. The molecule has 0 saturated carbocycles. The molecule has 1 N–H and O–H groups in total. The normalized spacial score (nSPS) is 19.1. The van der Waals surface area contributed by atoms with Gasteiger partial charge in [0, 0.05) is 18.5 Å². The molecule has 0 aliphatic carbocycles. The zero-order valence-corrected chi connectivity index (χ0v) is 22.4. The highest BCUT2D eigenvalue weighted by atomic mass is 32.2. The molecule has 3 aliphatic heterocycles. The number of nitrogens with zero attached hydrogens (tertiary/aromatic N) is 5. The topological polar surface area (TPSA) is 116 Å².